The summed E-state index contributed by atoms with van der Waals surface area (Å²) in [5, 5.41) is -0.506. The van der Waals surface area contributed by atoms with Crippen LogP contribution in [0.5, 0.6) is 5.75 Å². The lowest BCUT2D eigenvalue weighted by molar-refractivity contribution is 0.0792. The molecule has 0 radical (unpaired) electrons. The first-order valence-corrected chi connectivity index (χ1v) is 11.0. The summed E-state index contributed by atoms with van der Waals surface area (Å²) >= 11 is 0. The van der Waals surface area contributed by atoms with Crippen molar-refractivity contribution in [2.24, 2.45) is 0 Å². The topological polar surface area (TPSA) is 63.7 Å². The van der Waals surface area contributed by atoms with Gasteiger partial charge in [0.25, 0.3) is 5.91 Å². The van der Waals surface area contributed by atoms with Gasteiger partial charge in [-0.05, 0) is 51.0 Å². The molecular formula is C22H27NO4S. The van der Waals surface area contributed by atoms with Gasteiger partial charge in [0.05, 0.1) is 10.00 Å². The van der Waals surface area contributed by atoms with E-state index in [2.05, 4.69) is 0 Å². The summed E-state index contributed by atoms with van der Waals surface area (Å²) in [6.07, 6.45) is 0.482. The van der Waals surface area contributed by atoms with Crippen LogP contribution in [-0.4, -0.2) is 42.3 Å². The smallest absolute Gasteiger partial charge is 0.254 e. The molecule has 0 spiro atoms. The Bertz CT molecular complexity index is 933. The molecule has 0 aliphatic carbocycles. The highest BCUT2D eigenvalue weighted by Gasteiger charge is 2.41. The van der Waals surface area contributed by atoms with Crippen molar-refractivity contribution in [3.8, 4) is 5.75 Å². The molecule has 1 saturated heterocycles. The molecule has 0 saturated carbocycles. The molecule has 1 amide bonds. The van der Waals surface area contributed by atoms with Crippen molar-refractivity contribution >= 4 is 15.7 Å². The van der Waals surface area contributed by atoms with Gasteiger partial charge in [-0.15, -0.1) is 0 Å². The van der Waals surface area contributed by atoms with Crippen LogP contribution in [0.25, 0.3) is 0 Å². The normalized spacial score (nSPS) is 17.5. The maximum absolute atomic E-state index is 12.9. The number of hydrogen-bond acceptors (Lipinski definition) is 4. The number of benzene rings is 2. The third-order valence-electron chi connectivity index (χ3n) is 5.05. The van der Waals surface area contributed by atoms with E-state index in [0.717, 1.165) is 5.56 Å². The molecule has 6 heteroatoms. The predicted octanol–water partition coefficient (Wildman–Crippen LogP) is 3.69. The number of hydrogen-bond donors (Lipinski definition) is 0. The highest BCUT2D eigenvalue weighted by Crippen LogP contribution is 2.28. The summed E-state index contributed by atoms with van der Waals surface area (Å²) < 4.78 is 30.3. The maximum Gasteiger partial charge on any atom is 0.254 e. The van der Waals surface area contributed by atoms with Crippen LogP contribution in [-0.2, 0) is 16.4 Å². The number of sulfone groups is 1. The molecule has 0 unspecified atom stereocenters. The van der Waals surface area contributed by atoms with Crippen molar-refractivity contribution in [1.82, 2.24) is 4.90 Å². The molecule has 0 N–H and O–H groups in total. The average molecular weight is 402 g/mol. The molecule has 1 atom stereocenters. The largest absolute Gasteiger partial charge is 0.489 e. The fourth-order valence-electron chi connectivity index (χ4n) is 3.31. The lowest BCUT2D eigenvalue weighted by Crippen LogP contribution is -2.39. The third kappa shape index (κ3) is 4.38. The molecule has 2 aromatic carbocycles. The van der Waals surface area contributed by atoms with Crippen LogP contribution >= 0.6 is 0 Å². The molecule has 28 heavy (non-hydrogen) atoms. The van der Waals surface area contributed by atoms with E-state index >= 15 is 0 Å². The highest BCUT2D eigenvalue weighted by atomic mass is 32.2. The average Bonchev–Trinajstić information content (AvgIpc) is 3.17. The number of carbonyl (C=O) groups is 1. The molecule has 2 aromatic rings. The second kappa shape index (κ2) is 7.95. The molecule has 1 aliphatic rings. The molecular weight excluding hydrogens is 374 g/mol. The zero-order chi connectivity index (χ0) is 20.4. The van der Waals surface area contributed by atoms with Crippen LogP contribution in [0.3, 0.4) is 0 Å². The van der Waals surface area contributed by atoms with Crippen molar-refractivity contribution in [2.45, 2.75) is 43.8 Å². The third-order valence-corrected chi connectivity index (χ3v) is 8.02. The van der Waals surface area contributed by atoms with Gasteiger partial charge in [-0.2, -0.15) is 0 Å². The molecule has 5 nitrogen and oxygen atoms in total. The molecule has 1 aliphatic heterocycles. The minimum Gasteiger partial charge on any atom is -0.489 e. The Balaban J connectivity index is 1.67. The number of nitrogens with zero attached hydrogens (tertiary/aromatic N) is 1. The number of amides is 1. The van der Waals surface area contributed by atoms with Crippen LogP contribution in [0.1, 0.15) is 43.1 Å². The second-order valence-corrected chi connectivity index (χ2v) is 11.1. The first-order valence-electron chi connectivity index (χ1n) is 9.48. The summed E-state index contributed by atoms with van der Waals surface area (Å²) in [7, 11) is -3.29. The minimum absolute atomic E-state index is 0.156. The lowest BCUT2D eigenvalue weighted by atomic mass is 10.2. The monoisotopic (exact) mass is 401 g/mol. The SMILES string of the molecule is CC(C)(C)S(=O)(=O)[C@H]1CCN(C(=O)c2cccc(OCc3ccccc3)c2)C1. The Kier molecular flexibility index (Phi) is 5.79. The van der Waals surface area contributed by atoms with E-state index in [4.69, 9.17) is 4.74 Å². The van der Waals surface area contributed by atoms with E-state index in [9.17, 15) is 13.2 Å². The van der Waals surface area contributed by atoms with E-state index in [0.29, 0.717) is 30.9 Å². The van der Waals surface area contributed by atoms with Crippen molar-refractivity contribution in [1.29, 1.82) is 0 Å². The van der Waals surface area contributed by atoms with Crippen LogP contribution in [0, 0.1) is 0 Å². The van der Waals surface area contributed by atoms with E-state index in [1.807, 2.05) is 36.4 Å². The zero-order valence-electron chi connectivity index (χ0n) is 16.6. The lowest BCUT2D eigenvalue weighted by Gasteiger charge is -2.24. The quantitative estimate of drug-likeness (QED) is 0.766. The summed E-state index contributed by atoms with van der Waals surface area (Å²) in [4.78, 5) is 14.5. The van der Waals surface area contributed by atoms with Crippen molar-refractivity contribution in [3.63, 3.8) is 0 Å². The standard InChI is InChI=1S/C22H27NO4S/c1-22(2,3)28(25,26)20-12-13-23(15-20)21(24)18-10-7-11-19(14-18)27-16-17-8-5-4-6-9-17/h4-11,14,20H,12-13,15-16H2,1-3H3/t20-/m0/s1. The number of rotatable bonds is 5. The van der Waals surface area contributed by atoms with Crippen molar-refractivity contribution in [3.05, 3.63) is 65.7 Å². The summed E-state index contributed by atoms with van der Waals surface area (Å²) in [6.45, 7) is 6.25. The number of ether oxygens (including phenoxy) is 1. The molecule has 0 aromatic heterocycles. The van der Waals surface area contributed by atoms with E-state index in [-0.39, 0.29) is 12.5 Å². The van der Waals surface area contributed by atoms with Gasteiger partial charge in [0.15, 0.2) is 9.84 Å². The second-order valence-electron chi connectivity index (χ2n) is 8.12. The van der Waals surface area contributed by atoms with Gasteiger partial charge in [0, 0.05) is 18.7 Å². The molecule has 0 bridgehead atoms. The van der Waals surface area contributed by atoms with Gasteiger partial charge in [-0.25, -0.2) is 8.42 Å². The minimum atomic E-state index is -3.29. The molecule has 1 fully saturated rings. The predicted molar refractivity (Wildman–Crippen MR) is 110 cm³/mol. The van der Waals surface area contributed by atoms with E-state index in [1.165, 1.54) is 0 Å². The van der Waals surface area contributed by atoms with Crippen molar-refractivity contribution in [2.75, 3.05) is 13.1 Å². The van der Waals surface area contributed by atoms with Crippen LogP contribution < -0.4 is 4.74 Å². The highest BCUT2D eigenvalue weighted by molar-refractivity contribution is 7.93. The number of likely N-dealkylation sites (tertiary alicyclic amines) is 1. The van der Waals surface area contributed by atoms with Gasteiger partial charge in [0.1, 0.15) is 12.4 Å². The first kappa shape index (κ1) is 20.4. The van der Waals surface area contributed by atoms with Gasteiger partial charge < -0.3 is 9.64 Å². The summed E-state index contributed by atoms with van der Waals surface area (Å²) in [5.74, 6) is 0.463. The molecule has 150 valence electrons. The molecule has 1 heterocycles. The Labute approximate surface area is 167 Å². The van der Waals surface area contributed by atoms with Gasteiger partial charge in [-0.3, -0.25) is 4.79 Å². The Morgan fingerprint density at radius 2 is 1.82 bits per heavy atom. The fourth-order valence-corrected chi connectivity index (χ4v) is 5.10. The van der Waals surface area contributed by atoms with E-state index in [1.54, 1.807) is 43.9 Å². The van der Waals surface area contributed by atoms with Gasteiger partial charge >= 0.3 is 0 Å². The first-order chi connectivity index (χ1) is 13.2. The Morgan fingerprint density at radius 3 is 2.50 bits per heavy atom. The number of carbonyl (C=O) groups excluding carboxylic acids is 1. The Morgan fingerprint density at radius 1 is 1.11 bits per heavy atom. The van der Waals surface area contributed by atoms with Crippen LogP contribution in [0.15, 0.2) is 54.6 Å². The van der Waals surface area contributed by atoms with Crippen molar-refractivity contribution < 1.29 is 17.9 Å². The Hall–Kier alpha value is -2.34. The van der Waals surface area contributed by atoms with Gasteiger partial charge in [0.2, 0.25) is 0 Å². The maximum atomic E-state index is 12.9. The molecule has 3 rings (SSSR count). The van der Waals surface area contributed by atoms with Crippen LogP contribution in [0.2, 0.25) is 0 Å². The zero-order valence-corrected chi connectivity index (χ0v) is 17.4. The van der Waals surface area contributed by atoms with Crippen LogP contribution in [0.4, 0.5) is 0 Å². The summed E-state index contributed by atoms with van der Waals surface area (Å²) in [5.41, 5.74) is 1.56. The summed E-state index contributed by atoms with van der Waals surface area (Å²) in [6, 6.07) is 16.9. The fraction of sp³-hybridized carbons (Fsp3) is 0.409. The van der Waals surface area contributed by atoms with Gasteiger partial charge in [-0.1, -0.05) is 36.4 Å². The van der Waals surface area contributed by atoms with E-state index < -0.39 is 19.8 Å².